The quantitative estimate of drug-likeness (QED) is 0.366. The van der Waals surface area contributed by atoms with Gasteiger partial charge in [-0.15, -0.1) is 22.7 Å². The molecular formula is C22H14N6OS2. The predicted octanol–water partition coefficient (Wildman–Crippen LogP) is 4.86. The van der Waals surface area contributed by atoms with E-state index in [1.165, 1.54) is 11.3 Å². The van der Waals surface area contributed by atoms with E-state index in [2.05, 4.69) is 21.4 Å². The zero-order chi connectivity index (χ0) is 21.5. The maximum Gasteiger partial charge on any atom is 0.267 e. The molecule has 1 aromatic carbocycles. The van der Waals surface area contributed by atoms with Crippen LogP contribution in [0.4, 0.5) is 17.2 Å². The molecule has 0 aliphatic rings. The van der Waals surface area contributed by atoms with Gasteiger partial charge in [-0.2, -0.15) is 5.26 Å². The van der Waals surface area contributed by atoms with Gasteiger partial charge in [0.1, 0.15) is 27.2 Å². The molecule has 0 fully saturated rings. The predicted molar refractivity (Wildman–Crippen MR) is 126 cm³/mol. The fraction of sp³-hybridized carbons (Fsp3) is 0. The highest BCUT2D eigenvalue weighted by Gasteiger charge is 2.25. The van der Waals surface area contributed by atoms with Gasteiger partial charge in [-0.1, -0.05) is 12.1 Å². The highest BCUT2D eigenvalue weighted by Crippen LogP contribution is 2.44. The molecule has 4 aromatic heterocycles. The van der Waals surface area contributed by atoms with E-state index < -0.39 is 0 Å². The summed E-state index contributed by atoms with van der Waals surface area (Å²) in [5.41, 5.74) is 15.1. The van der Waals surface area contributed by atoms with Crippen LogP contribution in [0.5, 0.6) is 0 Å². The second-order valence-corrected chi connectivity index (χ2v) is 8.64. The highest BCUT2D eigenvalue weighted by molar-refractivity contribution is 7.21. The Kier molecular flexibility index (Phi) is 4.51. The third-order valence-electron chi connectivity index (χ3n) is 4.88. The second kappa shape index (κ2) is 7.36. The van der Waals surface area contributed by atoms with Crippen LogP contribution in [0.3, 0.4) is 0 Å². The first-order valence-corrected chi connectivity index (χ1v) is 10.9. The minimum atomic E-state index is -0.355. The summed E-state index contributed by atoms with van der Waals surface area (Å²) in [6.45, 7) is 0. The minimum Gasteiger partial charge on any atom is -0.397 e. The summed E-state index contributed by atoms with van der Waals surface area (Å²) >= 11 is 2.62. The summed E-state index contributed by atoms with van der Waals surface area (Å²) < 4.78 is 0. The topological polar surface area (TPSA) is 131 Å². The zero-order valence-electron chi connectivity index (χ0n) is 15.9. The third kappa shape index (κ3) is 3.06. The first-order chi connectivity index (χ1) is 15.1. The average molecular weight is 443 g/mol. The summed E-state index contributed by atoms with van der Waals surface area (Å²) in [4.78, 5) is 23.5. The van der Waals surface area contributed by atoms with Crippen LogP contribution in [-0.4, -0.2) is 15.9 Å². The highest BCUT2D eigenvalue weighted by atomic mass is 32.1. The van der Waals surface area contributed by atoms with Crippen LogP contribution < -0.4 is 16.8 Å². The van der Waals surface area contributed by atoms with Crippen molar-refractivity contribution in [1.29, 1.82) is 5.26 Å². The van der Waals surface area contributed by atoms with Crippen molar-refractivity contribution in [2.45, 2.75) is 0 Å². The van der Waals surface area contributed by atoms with Crippen LogP contribution in [0.25, 0.3) is 31.6 Å². The smallest absolute Gasteiger partial charge is 0.267 e. The number of nitrogens with zero attached hydrogens (tertiary/aromatic N) is 3. The van der Waals surface area contributed by atoms with Crippen LogP contribution >= 0.6 is 22.7 Å². The molecule has 0 spiro atoms. The van der Waals surface area contributed by atoms with Gasteiger partial charge in [0.2, 0.25) is 0 Å². The van der Waals surface area contributed by atoms with Gasteiger partial charge in [-0.05, 0) is 35.7 Å². The number of amides is 1. The summed E-state index contributed by atoms with van der Waals surface area (Å²) in [5.74, 6) is -0.238. The number of pyridine rings is 2. The SMILES string of the molecule is N#Cc1c(N)nc2sc(C(=O)Nc3cccc4ncccc34)c(N)c2c1-c1cccs1. The number of nitriles is 1. The lowest BCUT2D eigenvalue weighted by Gasteiger charge is -2.08. The molecule has 0 atom stereocenters. The number of benzene rings is 1. The summed E-state index contributed by atoms with van der Waals surface area (Å²) in [5, 5.41) is 15.9. The number of aromatic nitrogens is 2. The van der Waals surface area contributed by atoms with Crippen LogP contribution in [0.1, 0.15) is 15.2 Å². The molecular weight excluding hydrogens is 428 g/mol. The Morgan fingerprint density at radius 3 is 2.77 bits per heavy atom. The molecule has 0 unspecified atom stereocenters. The number of carbonyl (C=O) groups excluding carboxylic acids is 1. The normalized spacial score (nSPS) is 10.9. The summed E-state index contributed by atoms with van der Waals surface area (Å²) in [7, 11) is 0. The molecule has 5 rings (SSSR count). The van der Waals surface area contributed by atoms with Gasteiger partial charge < -0.3 is 16.8 Å². The maximum atomic E-state index is 13.2. The lowest BCUT2D eigenvalue weighted by molar-refractivity contribution is 0.103. The van der Waals surface area contributed by atoms with Crippen LogP contribution in [0.2, 0.25) is 0 Å². The third-order valence-corrected chi connectivity index (χ3v) is 6.87. The molecule has 0 radical (unpaired) electrons. The largest absolute Gasteiger partial charge is 0.397 e. The number of anilines is 3. The van der Waals surface area contributed by atoms with Crippen molar-refractivity contribution in [2.75, 3.05) is 16.8 Å². The number of nitrogen functional groups attached to an aromatic ring is 2. The number of hydrogen-bond donors (Lipinski definition) is 3. The van der Waals surface area contributed by atoms with E-state index in [1.807, 2.05) is 47.8 Å². The number of nitrogens with one attached hydrogen (secondary N) is 1. The van der Waals surface area contributed by atoms with E-state index in [0.717, 1.165) is 27.1 Å². The summed E-state index contributed by atoms with van der Waals surface area (Å²) in [6.07, 6.45) is 1.70. The van der Waals surface area contributed by atoms with Crippen molar-refractivity contribution in [3.63, 3.8) is 0 Å². The van der Waals surface area contributed by atoms with Gasteiger partial charge >= 0.3 is 0 Å². The summed E-state index contributed by atoms with van der Waals surface area (Å²) in [6, 6.07) is 15.1. The van der Waals surface area contributed by atoms with E-state index in [0.29, 0.717) is 26.3 Å². The number of thiophene rings is 2. The Hall–Kier alpha value is -4.00. The van der Waals surface area contributed by atoms with Crippen LogP contribution in [0.15, 0.2) is 54.0 Å². The fourth-order valence-corrected chi connectivity index (χ4v) is 5.30. The molecule has 1 amide bonds. The Balaban J connectivity index is 1.66. The van der Waals surface area contributed by atoms with Gasteiger partial charge in [0.25, 0.3) is 5.91 Å². The number of rotatable bonds is 3. The zero-order valence-corrected chi connectivity index (χ0v) is 17.6. The second-order valence-electron chi connectivity index (χ2n) is 6.69. The van der Waals surface area contributed by atoms with Crippen LogP contribution in [-0.2, 0) is 0 Å². The Morgan fingerprint density at radius 2 is 2.00 bits per heavy atom. The van der Waals surface area contributed by atoms with E-state index in [9.17, 15) is 10.1 Å². The number of nitrogens with two attached hydrogens (primary N) is 2. The Labute approximate surface area is 184 Å². The fourth-order valence-electron chi connectivity index (χ4n) is 3.51. The monoisotopic (exact) mass is 442 g/mol. The van der Waals surface area contributed by atoms with Gasteiger partial charge in [-0.25, -0.2) is 4.98 Å². The molecule has 9 heteroatoms. The number of hydrogen-bond acceptors (Lipinski definition) is 8. The van der Waals surface area contributed by atoms with Crippen molar-refractivity contribution in [3.8, 4) is 16.5 Å². The molecule has 0 aliphatic carbocycles. The number of fused-ring (bicyclic) bond motifs is 2. The van der Waals surface area contributed by atoms with Crippen molar-refractivity contribution in [2.24, 2.45) is 0 Å². The molecule has 7 nitrogen and oxygen atoms in total. The molecule has 0 saturated heterocycles. The van der Waals surface area contributed by atoms with Crippen molar-refractivity contribution in [3.05, 3.63) is 64.5 Å². The lowest BCUT2D eigenvalue weighted by Crippen LogP contribution is -2.12. The molecule has 31 heavy (non-hydrogen) atoms. The molecule has 4 heterocycles. The van der Waals surface area contributed by atoms with Crippen molar-refractivity contribution < 1.29 is 4.79 Å². The molecule has 5 aromatic rings. The van der Waals surface area contributed by atoms with E-state index in [4.69, 9.17) is 11.5 Å². The standard InChI is InChI=1S/C22H14N6OS2/c23-10-12-16(15-7-3-9-30-15)17-18(24)19(31-22(17)28-20(12)25)21(29)27-14-6-1-5-13-11(14)4-2-8-26-13/h1-9H,24H2,(H2,25,28)(H,27,29). The van der Waals surface area contributed by atoms with E-state index >= 15 is 0 Å². The molecule has 0 bridgehead atoms. The Morgan fingerprint density at radius 1 is 1.13 bits per heavy atom. The van der Waals surface area contributed by atoms with Crippen molar-refractivity contribution in [1.82, 2.24) is 9.97 Å². The van der Waals surface area contributed by atoms with Gasteiger partial charge in [0, 0.05) is 27.4 Å². The van der Waals surface area contributed by atoms with Crippen molar-refractivity contribution >= 4 is 66.9 Å². The Bertz CT molecular complexity index is 1510. The number of carbonyl (C=O) groups is 1. The van der Waals surface area contributed by atoms with E-state index in [1.54, 1.807) is 6.20 Å². The van der Waals surface area contributed by atoms with Gasteiger partial charge in [0.15, 0.2) is 0 Å². The first kappa shape index (κ1) is 19.0. The molecule has 5 N–H and O–H groups in total. The lowest BCUT2D eigenvalue weighted by atomic mass is 10.0. The van der Waals surface area contributed by atoms with Gasteiger partial charge in [-0.3, -0.25) is 9.78 Å². The maximum absolute atomic E-state index is 13.2. The van der Waals surface area contributed by atoms with Gasteiger partial charge in [0.05, 0.1) is 16.9 Å². The minimum absolute atomic E-state index is 0.117. The average Bonchev–Trinajstić information content (AvgIpc) is 3.41. The molecule has 0 saturated carbocycles. The first-order valence-electron chi connectivity index (χ1n) is 9.19. The molecule has 150 valence electrons. The van der Waals surface area contributed by atoms with Crippen LogP contribution in [0, 0.1) is 11.3 Å². The molecule has 0 aliphatic heterocycles. The van der Waals surface area contributed by atoms with E-state index in [-0.39, 0.29) is 23.0 Å².